The van der Waals surface area contributed by atoms with Crippen molar-refractivity contribution in [3.8, 4) is 5.88 Å². The normalized spacial score (nSPS) is 22.7. The second-order valence-electron chi connectivity index (χ2n) is 5.80. The van der Waals surface area contributed by atoms with Crippen molar-refractivity contribution in [3.05, 3.63) is 23.9 Å². The molecule has 5 nitrogen and oxygen atoms in total. The topological polar surface area (TPSA) is 43.8 Å². The Labute approximate surface area is 120 Å². The standard InChI is InChI=1S/C15H24N2O3/c1-15(2)11-17(9-13(20-15)10-18-3)8-12-6-5-7-14(16-12)19-4/h5-7,13H,8-11H2,1-4H3/t13-/m0/s1. The van der Waals surface area contributed by atoms with Crippen molar-refractivity contribution in [2.75, 3.05) is 33.9 Å². The smallest absolute Gasteiger partial charge is 0.213 e. The van der Waals surface area contributed by atoms with Gasteiger partial charge < -0.3 is 14.2 Å². The van der Waals surface area contributed by atoms with Gasteiger partial charge in [-0.15, -0.1) is 0 Å². The summed E-state index contributed by atoms with van der Waals surface area (Å²) in [6.07, 6.45) is 0.106. The monoisotopic (exact) mass is 280 g/mol. The van der Waals surface area contributed by atoms with Crippen molar-refractivity contribution in [1.29, 1.82) is 0 Å². The van der Waals surface area contributed by atoms with Gasteiger partial charge in [0.25, 0.3) is 0 Å². The fraction of sp³-hybridized carbons (Fsp3) is 0.667. The summed E-state index contributed by atoms with van der Waals surface area (Å²) < 4.78 is 16.4. The van der Waals surface area contributed by atoms with E-state index in [4.69, 9.17) is 14.2 Å². The number of ether oxygens (including phenoxy) is 3. The maximum atomic E-state index is 6.02. The van der Waals surface area contributed by atoms with Crippen molar-refractivity contribution in [3.63, 3.8) is 0 Å². The van der Waals surface area contributed by atoms with Crippen LogP contribution in [0.15, 0.2) is 18.2 Å². The minimum absolute atomic E-state index is 0.106. The summed E-state index contributed by atoms with van der Waals surface area (Å²) in [7, 11) is 3.34. The Morgan fingerprint density at radius 3 is 2.90 bits per heavy atom. The van der Waals surface area contributed by atoms with E-state index in [9.17, 15) is 0 Å². The SMILES string of the molecule is COC[C@@H]1CN(Cc2cccc(OC)n2)CC(C)(C)O1. The highest BCUT2D eigenvalue weighted by Gasteiger charge is 2.33. The lowest BCUT2D eigenvalue weighted by Gasteiger charge is -2.42. The Morgan fingerprint density at radius 2 is 2.20 bits per heavy atom. The fourth-order valence-electron chi connectivity index (χ4n) is 2.70. The molecule has 1 aliphatic rings. The zero-order valence-electron chi connectivity index (χ0n) is 12.8. The second kappa shape index (κ2) is 6.52. The molecule has 1 atom stereocenters. The van der Waals surface area contributed by atoms with Crippen LogP contribution in [0.4, 0.5) is 0 Å². The molecule has 0 amide bonds. The summed E-state index contributed by atoms with van der Waals surface area (Å²) in [6, 6.07) is 5.86. The lowest BCUT2D eigenvalue weighted by atomic mass is 10.1. The van der Waals surface area contributed by atoms with Gasteiger partial charge in [0.1, 0.15) is 0 Å². The number of morpholine rings is 1. The first kappa shape index (κ1) is 15.2. The summed E-state index contributed by atoms with van der Waals surface area (Å²) in [5, 5.41) is 0. The molecule has 0 aliphatic carbocycles. The molecule has 1 fully saturated rings. The summed E-state index contributed by atoms with van der Waals surface area (Å²) in [4.78, 5) is 6.82. The molecule has 2 rings (SSSR count). The van der Waals surface area contributed by atoms with Crippen LogP contribution in [0.2, 0.25) is 0 Å². The van der Waals surface area contributed by atoms with Crippen LogP contribution in [0.1, 0.15) is 19.5 Å². The maximum absolute atomic E-state index is 6.02. The van der Waals surface area contributed by atoms with Gasteiger partial charge in [0, 0.05) is 32.8 Å². The predicted octanol–water partition coefficient (Wildman–Crippen LogP) is 1.72. The van der Waals surface area contributed by atoms with Crippen LogP contribution in [0.3, 0.4) is 0 Å². The van der Waals surface area contributed by atoms with Crippen LogP contribution in [0.25, 0.3) is 0 Å². The second-order valence-corrected chi connectivity index (χ2v) is 5.80. The maximum Gasteiger partial charge on any atom is 0.213 e. The van der Waals surface area contributed by atoms with Gasteiger partial charge in [0.2, 0.25) is 5.88 Å². The molecule has 0 spiro atoms. The van der Waals surface area contributed by atoms with Crippen LogP contribution in [-0.4, -0.2) is 55.5 Å². The van der Waals surface area contributed by atoms with Crippen LogP contribution >= 0.6 is 0 Å². The van der Waals surface area contributed by atoms with Gasteiger partial charge in [-0.2, -0.15) is 0 Å². The van der Waals surface area contributed by atoms with Crippen LogP contribution in [0, 0.1) is 0 Å². The van der Waals surface area contributed by atoms with Gasteiger partial charge in [-0.1, -0.05) is 6.07 Å². The number of pyridine rings is 1. The molecular formula is C15H24N2O3. The third kappa shape index (κ3) is 4.16. The zero-order chi connectivity index (χ0) is 14.6. The molecule has 5 heteroatoms. The van der Waals surface area contributed by atoms with E-state index >= 15 is 0 Å². The summed E-state index contributed by atoms with van der Waals surface area (Å²) in [5.74, 6) is 0.656. The molecule has 0 N–H and O–H groups in total. The van der Waals surface area contributed by atoms with E-state index in [2.05, 4.69) is 23.7 Å². The molecule has 0 radical (unpaired) electrons. The van der Waals surface area contributed by atoms with Gasteiger partial charge >= 0.3 is 0 Å². The fourth-order valence-corrected chi connectivity index (χ4v) is 2.70. The van der Waals surface area contributed by atoms with Crippen molar-refractivity contribution >= 4 is 0 Å². The van der Waals surface area contributed by atoms with E-state index in [1.165, 1.54) is 0 Å². The average molecular weight is 280 g/mol. The van der Waals surface area contributed by atoms with Crippen LogP contribution < -0.4 is 4.74 Å². The lowest BCUT2D eigenvalue weighted by molar-refractivity contribution is -0.154. The highest BCUT2D eigenvalue weighted by atomic mass is 16.5. The average Bonchev–Trinajstić information content (AvgIpc) is 2.37. The minimum atomic E-state index is -0.166. The van der Waals surface area contributed by atoms with Crippen molar-refractivity contribution in [2.45, 2.75) is 32.1 Å². The highest BCUT2D eigenvalue weighted by Crippen LogP contribution is 2.22. The van der Waals surface area contributed by atoms with Gasteiger partial charge in [0.05, 0.1) is 31.1 Å². The number of aromatic nitrogens is 1. The van der Waals surface area contributed by atoms with E-state index in [0.29, 0.717) is 12.5 Å². The summed E-state index contributed by atoms with van der Waals surface area (Å²) in [5.41, 5.74) is 0.846. The third-order valence-electron chi connectivity index (χ3n) is 3.28. The van der Waals surface area contributed by atoms with E-state index in [1.807, 2.05) is 18.2 Å². The first-order chi connectivity index (χ1) is 9.52. The number of hydrogen-bond donors (Lipinski definition) is 0. The predicted molar refractivity (Wildman–Crippen MR) is 76.9 cm³/mol. The molecule has 0 unspecified atom stereocenters. The quantitative estimate of drug-likeness (QED) is 0.821. The van der Waals surface area contributed by atoms with Gasteiger partial charge in [-0.3, -0.25) is 4.90 Å². The number of nitrogens with zero attached hydrogens (tertiary/aromatic N) is 2. The van der Waals surface area contributed by atoms with Crippen molar-refractivity contribution in [1.82, 2.24) is 9.88 Å². The van der Waals surface area contributed by atoms with E-state index in [0.717, 1.165) is 25.3 Å². The van der Waals surface area contributed by atoms with E-state index in [-0.39, 0.29) is 11.7 Å². The molecule has 1 aromatic rings. The molecule has 0 bridgehead atoms. The molecule has 1 aliphatic heterocycles. The largest absolute Gasteiger partial charge is 0.481 e. The first-order valence-corrected chi connectivity index (χ1v) is 6.91. The molecule has 112 valence electrons. The molecule has 2 heterocycles. The number of hydrogen-bond acceptors (Lipinski definition) is 5. The van der Waals surface area contributed by atoms with E-state index < -0.39 is 0 Å². The molecule has 20 heavy (non-hydrogen) atoms. The summed E-state index contributed by atoms with van der Waals surface area (Å²) >= 11 is 0. The number of methoxy groups -OCH3 is 2. The zero-order valence-corrected chi connectivity index (χ0v) is 12.8. The van der Waals surface area contributed by atoms with Gasteiger partial charge in [-0.25, -0.2) is 4.98 Å². The molecular weight excluding hydrogens is 256 g/mol. The van der Waals surface area contributed by atoms with Crippen LogP contribution in [0.5, 0.6) is 5.88 Å². The van der Waals surface area contributed by atoms with Gasteiger partial charge in [-0.05, 0) is 19.9 Å². The molecule has 1 saturated heterocycles. The Kier molecular flexibility index (Phi) is 4.96. The Hall–Kier alpha value is -1.17. The first-order valence-electron chi connectivity index (χ1n) is 6.91. The van der Waals surface area contributed by atoms with Crippen molar-refractivity contribution in [2.24, 2.45) is 0 Å². The Balaban J connectivity index is 2.03. The molecule has 1 aromatic heterocycles. The van der Waals surface area contributed by atoms with E-state index in [1.54, 1.807) is 14.2 Å². The highest BCUT2D eigenvalue weighted by molar-refractivity contribution is 5.15. The molecule has 0 aromatic carbocycles. The summed E-state index contributed by atoms with van der Waals surface area (Å²) in [6.45, 7) is 7.37. The third-order valence-corrected chi connectivity index (χ3v) is 3.28. The Morgan fingerprint density at radius 1 is 1.40 bits per heavy atom. The Bertz CT molecular complexity index is 437. The minimum Gasteiger partial charge on any atom is -0.481 e. The molecule has 0 saturated carbocycles. The lowest BCUT2D eigenvalue weighted by Crippen LogP contribution is -2.53. The van der Waals surface area contributed by atoms with Crippen molar-refractivity contribution < 1.29 is 14.2 Å². The van der Waals surface area contributed by atoms with Crippen LogP contribution in [-0.2, 0) is 16.0 Å². The number of rotatable bonds is 5. The van der Waals surface area contributed by atoms with Gasteiger partial charge in [0.15, 0.2) is 0 Å².